The monoisotopic (exact) mass is 499 g/mol. The maximum atomic E-state index is 14.6. The first-order valence-corrected chi connectivity index (χ1v) is 12.6. The molecule has 1 aromatic heterocycles. The van der Waals surface area contributed by atoms with Crippen LogP contribution in [0.25, 0.3) is 17.2 Å². The molecule has 190 valence electrons. The lowest BCUT2D eigenvalue weighted by Gasteiger charge is -2.32. The van der Waals surface area contributed by atoms with E-state index in [1.165, 1.54) is 5.57 Å². The van der Waals surface area contributed by atoms with Crippen molar-refractivity contribution in [2.75, 3.05) is 12.0 Å². The van der Waals surface area contributed by atoms with E-state index >= 15 is 0 Å². The van der Waals surface area contributed by atoms with Crippen molar-refractivity contribution in [3.05, 3.63) is 94.2 Å². The standard InChI is InChI=1S/C30H30FN3O3/c1-3-37-26-15-18(2)24(17-32-26)29(20-5-4-6-20)28(21-10-7-19(8-11-21)9-14-27(35)36)22-12-13-25-23(16-22)30(31)34-33-25/h7-17,20,30,33-34H,3-6H2,1-2H3,(H,35,36)/b14-9+,29-28+. The summed E-state index contributed by atoms with van der Waals surface area (Å²) in [4.78, 5) is 15.5. The molecule has 6 nitrogen and oxygen atoms in total. The number of aliphatic carboxylic acids is 1. The van der Waals surface area contributed by atoms with Gasteiger partial charge in [-0.2, -0.15) is 0 Å². The van der Waals surface area contributed by atoms with Crippen LogP contribution in [0.3, 0.4) is 0 Å². The number of nitrogens with one attached hydrogen (secondary N) is 2. The second-order valence-corrected chi connectivity index (χ2v) is 9.41. The summed E-state index contributed by atoms with van der Waals surface area (Å²) < 4.78 is 20.3. The van der Waals surface area contributed by atoms with Crippen LogP contribution in [0.2, 0.25) is 0 Å². The highest BCUT2D eigenvalue weighted by molar-refractivity contribution is 6.00. The molecule has 1 fully saturated rings. The third kappa shape index (κ3) is 5.13. The number of allylic oxidation sites excluding steroid dienone is 1. The van der Waals surface area contributed by atoms with E-state index in [0.717, 1.165) is 64.4 Å². The largest absolute Gasteiger partial charge is 0.478 e. The lowest BCUT2D eigenvalue weighted by molar-refractivity contribution is -0.131. The minimum atomic E-state index is -1.29. The number of anilines is 1. The average molecular weight is 500 g/mol. The van der Waals surface area contributed by atoms with Gasteiger partial charge in [0.25, 0.3) is 0 Å². The zero-order valence-electron chi connectivity index (χ0n) is 20.9. The Morgan fingerprint density at radius 1 is 1.16 bits per heavy atom. The molecule has 1 aliphatic heterocycles. The number of fused-ring (bicyclic) bond motifs is 1. The summed E-state index contributed by atoms with van der Waals surface area (Å²) in [6, 6.07) is 15.6. The minimum absolute atomic E-state index is 0.353. The molecule has 0 amide bonds. The fraction of sp³-hybridized carbons (Fsp3) is 0.267. The van der Waals surface area contributed by atoms with Crippen LogP contribution >= 0.6 is 0 Å². The van der Waals surface area contributed by atoms with Crippen LogP contribution in [-0.2, 0) is 4.79 Å². The summed E-state index contributed by atoms with van der Waals surface area (Å²) in [7, 11) is 0. The van der Waals surface area contributed by atoms with E-state index in [1.54, 1.807) is 6.08 Å². The lowest BCUT2D eigenvalue weighted by atomic mass is 9.72. The summed E-state index contributed by atoms with van der Waals surface area (Å²) in [6.07, 6.45) is 6.61. The van der Waals surface area contributed by atoms with Gasteiger partial charge in [0, 0.05) is 29.5 Å². The predicted molar refractivity (Wildman–Crippen MR) is 144 cm³/mol. The number of carboxylic acid groups (broad SMARTS) is 1. The van der Waals surface area contributed by atoms with Crippen LogP contribution in [0.1, 0.15) is 65.9 Å². The number of pyridine rings is 1. The quantitative estimate of drug-likeness (QED) is 0.241. The Bertz CT molecular complexity index is 1380. The Kier molecular flexibility index (Phi) is 7.06. The van der Waals surface area contributed by atoms with Gasteiger partial charge >= 0.3 is 5.97 Å². The highest BCUT2D eigenvalue weighted by atomic mass is 19.1. The van der Waals surface area contributed by atoms with Crippen molar-refractivity contribution in [2.24, 2.45) is 5.92 Å². The van der Waals surface area contributed by atoms with E-state index in [0.29, 0.717) is 24.0 Å². The molecule has 1 atom stereocenters. The normalized spacial score (nSPS) is 17.6. The molecule has 3 aromatic rings. The highest BCUT2D eigenvalue weighted by Gasteiger charge is 2.30. The summed E-state index contributed by atoms with van der Waals surface area (Å²) in [5.74, 6) is -0.0370. The van der Waals surface area contributed by atoms with Crippen molar-refractivity contribution in [1.29, 1.82) is 0 Å². The third-order valence-corrected chi connectivity index (χ3v) is 7.02. The van der Waals surface area contributed by atoms with E-state index in [4.69, 9.17) is 9.84 Å². The summed E-state index contributed by atoms with van der Waals surface area (Å²) >= 11 is 0. The van der Waals surface area contributed by atoms with Gasteiger partial charge in [0.05, 0.1) is 12.3 Å². The molecule has 3 N–H and O–H groups in total. The molecule has 2 heterocycles. The second-order valence-electron chi connectivity index (χ2n) is 9.41. The molecule has 0 spiro atoms. The number of rotatable bonds is 8. The molecular formula is C30H30FN3O3. The van der Waals surface area contributed by atoms with Gasteiger partial charge in [0.2, 0.25) is 5.88 Å². The molecule has 7 heteroatoms. The van der Waals surface area contributed by atoms with Gasteiger partial charge in [-0.25, -0.2) is 19.6 Å². The van der Waals surface area contributed by atoms with Crippen molar-refractivity contribution in [2.45, 2.75) is 39.4 Å². The van der Waals surface area contributed by atoms with Crippen molar-refractivity contribution in [3.63, 3.8) is 0 Å². The smallest absolute Gasteiger partial charge is 0.328 e. The number of hydrogen-bond donors (Lipinski definition) is 3. The Balaban J connectivity index is 1.71. The number of carboxylic acids is 1. The van der Waals surface area contributed by atoms with Crippen molar-refractivity contribution < 1.29 is 19.0 Å². The van der Waals surface area contributed by atoms with Crippen LogP contribution in [0, 0.1) is 12.8 Å². The molecule has 0 bridgehead atoms. The number of nitrogens with zero attached hydrogens (tertiary/aromatic N) is 1. The number of ether oxygens (including phenoxy) is 1. The highest BCUT2D eigenvalue weighted by Crippen LogP contribution is 2.46. The maximum absolute atomic E-state index is 14.6. The number of halogens is 1. The van der Waals surface area contributed by atoms with E-state index < -0.39 is 12.3 Å². The molecule has 37 heavy (non-hydrogen) atoms. The van der Waals surface area contributed by atoms with E-state index in [2.05, 4.69) is 22.8 Å². The lowest BCUT2D eigenvalue weighted by Crippen LogP contribution is -2.16. The van der Waals surface area contributed by atoms with Gasteiger partial charge < -0.3 is 15.3 Å². The molecule has 2 aliphatic rings. The molecule has 2 aromatic carbocycles. The summed E-state index contributed by atoms with van der Waals surface area (Å²) in [5, 5.41) is 8.99. The van der Waals surface area contributed by atoms with Crippen molar-refractivity contribution in [1.82, 2.24) is 10.4 Å². The molecule has 0 radical (unpaired) electrons. The number of aromatic nitrogens is 1. The molecule has 1 unspecified atom stereocenters. The Hall–Kier alpha value is -3.97. The first kappa shape index (κ1) is 24.7. The van der Waals surface area contributed by atoms with Gasteiger partial charge in [-0.15, -0.1) is 0 Å². The molecule has 1 saturated carbocycles. The SMILES string of the molecule is CCOc1cc(C)c(/C(=C(\c2ccc(/C=C/C(=O)O)cc2)c2ccc3c(c2)C(F)NN3)C2CCC2)cn1. The van der Waals surface area contributed by atoms with E-state index in [-0.39, 0.29) is 0 Å². The van der Waals surface area contributed by atoms with Crippen LogP contribution in [0.15, 0.2) is 60.8 Å². The number of aryl methyl sites for hydroxylation is 1. The van der Waals surface area contributed by atoms with E-state index in [9.17, 15) is 9.18 Å². The van der Waals surface area contributed by atoms with Crippen LogP contribution in [0.4, 0.5) is 10.1 Å². The second kappa shape index (κ2) is 10.6. The predicted octanol–water partition coefficient (Wildman–Crippen LogP) is 6.54. The van der Waals surface area contributed by atoms with Gasteiger partial charge in [-0.3, -0.25) is 0 Å². The molecule has 0 saturated heterocycles. The molecule has 5 rings (SSSR count). The fourth-order valence-corrected chi connectivity index (χ4v) is 4.96. The third-order valence-electron chi connectivity index (χ3n) is 7.02. The number of hydrazine groups is 1. The number of hydrogen-bond acceptors (Lipinski definition) is 5. The van der Waals surface area contributed by atoms with Gasteiger partial charge in [-0.1, -0.05) is 36.8 Å². The van der Waals surface area contributed by atoms with Crippen LogP contribution < -0.4 is 15.6 Å². The first-order valence-electron chi connectivity index (χ1n) is 12.6. The maximum Gasteiger partial charge on any atom is 0.328 e. The summed E-state index contributed by atoms with van der Waals surface area (Å²) in [6.45, 7) is 4.56. The summed E-state index contributed by atoms with van der Waals surface area (Å²) in [5.41, 5.74) is 13.9. The van der Waals surface area contributed by atoms with Crippen molar-refractivity contribution >= 4 is 28.9 Å². The van der Waals surface area contributed by atoms with E-state index in [1.807, 2.05) is 61.7 Å². The fourth-order valence-electron chi connectivity index (χ4n) is 4.96. The van der Waals surface area contributed by atoms with Gasteiger partial charge in [0.15, 0.2) is 6.30 Å². The van der Waals surface area contributed by atoms with Gasteiger partial charge in [0.1, 0.15) is 0 Å². The molecule has 1 aliphatic carbocycles. The van der Waals surface area contributed by atoms with Gasteiger partial charge in [-0.05, 0) is 84.2 Å². The number of alkyl halides is 1. The minimum Gasteiger partial charge on any atom is -0.478 e. The zero-order valence-corrected chi connectivity index (χ0v) is 20.9. The van der Waals surface area contributed by atoms with Crippen molar-refractivity contribution in [3.8, 4) is 5.88 Å². The Morgan fingerprint density at radius 3 is 2.57 bits per heavy atom. The topological polar surface area (TPSA) is 83.5 Å². The molecular weight excluding hydrogens is 469 g/mol. The zero-order chi connectivity index (χ0) is 25.9. The Labute approximate surface area is 215 Å². The average Bonchev–Trinajstić information content (AvgIpc) is 3.22. The number of carbonyl (C=O) groups is 1. The first-order chi connectivity index (χ1) is 17.9. The Morgan fingerprint density at radius 2 is 1.92 bits per heavy atom. The van der Waals surface area contributed by atoms with Crippen LogP contribution in [0.5, 0.6) is 5.88 Å². The number of benzene rings is 2. The van der Waals surface area contributed by atoms with Crippen LogP contribution in [-0.4, -0.2) is 22.7 Å².